The first-order valence-corrected chi connectivity index (χ1v) is 8.10. The maximum Gasteiger partial charge on any atom is 0.250 e. The second kappa shape index (κ2) is 7.36. The molecule has 0 aliphatic heterocycles. The van der Waals surface area contributed by atoms with Gasteiger partial charge in [0.05, 0.1) is 0 Å². The first-order valence-electron chi connectivity index (χ1n) is 7.72. The first kappa shape index (κ1) is 17.0. The van der Waals surface area contributed by atoms with Gasteiger partial charge in [-0.15, -0.1) is 0 Å². The van der Waals surface area contributed by atoms with E-state index in [1.54, 1.807) is 36.7 Å². The van der Waals surface area contributed by atoms with Crippen LogP contribution in [0.5, 0.6) is 0 Å². The lowest BCUT2D eigenvalue weighted by atomic mass is 10.1. The van der Waals surface area contributed by atoms with Crippen molar-refractivity contribution in [1.82, 2.24) is 19.4 Å². The molecule has 25 heavy (non-hydrogen) atoms. The maximum absolute atomic E-state index is 12.5. The molecule has 0 spiro atoms. The van der Waals surface area contributed by atoms with Gasteiger partial charge >= 0.3 is 0 Å². The van der Waals surface area contributed by atoms with Crippen LogP contribution in [0.15, 0.2) is 65.8 Å². The van der Waals surface area contributed by atoms with Crippen LogP contribution in [-0.2, 0) is 18.4 Å². The molecule has 1 atom stereocenters. The molecule has 0 saturated heterocycles. The van der Waals surface area contributed by atoms with Gasteiger partial charge in [-0.05, 0) is 23.8 Å². The highest BCUT2D eigenvalue weighted by atomic mass is 35.5. The molecule has 0 saturated carbocycles. The van der Waals surface area contributed by atoms with E-state index in [0.29, 0.717) is 10.8 Å². The van der Waals surface area contributed by atoms with Crippen LogP contribution in [0.4, 0.5) is 0 Å². The van der Waals surface area contributed by atoms with E-state index >= 15 is 0 Å². The van der Waals surface area contributed by atoms with Gasteiger partial charge in [-0.25, -0.2) is 4.98 Å². The van der Waals surface area contributed by atoms with Crippen LogP contribution in [0.3, 0.4) is 0 Å². The molecule has 3 aromatic rings. The fraction of sp³-hybridized carbons (Fsp3) is 0.167. The largest absolute Gasteiger partial charge is 0.341 e. The monoisotopic (exact) mass is 356 g/mol. The smallest absolute Gasteiger partial charge is 0.250 e. The number of nitrogens with one attached hydrogen (secondary N) is 1. The predicted molar refractivity (Wildman–Crippen MR) is 95.3 cm³/mol. The standard InChI is InChI=1S/C18H17ClN4O2/c1-22-11-9-20-18(22)17(13-5-7-14(19)8-6-13)21-15(24)12-23-10-3-2-4-16(23)25/h2-11,17H,12H2,1H3,(H,21,24). The summed E-state index contributed by atoms with van der Waals surface area (Å²) in [6.45, 7) is -0.0613. The Kier molecular flexibility index (Phi) is 5.00. The SMILES string of the molecule is Cn1ccnc1C(NC(=O)Cn1ccccc1=O)c1ccc(Cl)cc1. The van der Waals surface area contributed by atoms with E-state index in [2.05, 4.69) is 10.3 Å². The van der Waals surface area contributed by atoms with Gasteiger partial charge in [0, 0.05) is 36.7 Å². The molecule has 7 heteroatoms. The van der Waals surface area contributed by atoms with Crippen LogP contribution in [0.1, 0.15) is 17.4 Å². The molecular formula is C18H17ClN4O2. The second-order valence-corrected chi connectivity index (χ2v) is 6.05. The van der Waals surface area contributed by atoms with Crippen molar-refractivity contribution in [1.29, 1.82) is 0 Å². The van der Waals surface area contributed by atoms with Crippen molar-refractivity contribution >= 4 is 17.5 Å². The van der Waals surface area contributed by atoms with Crippen LogP contribution in [-0.4, -0.2) is 20.0 Å². The molecule has 3 rings (SSSR count). The summed E-state index contributed by atoms with van der Waals surface area (Å²) in [5.74, 6) is 0.410. The summed E-state index contributed by atoms with van der Waals surface area (Å²) in [6, 6.07) is 11.5. The Balaban J connectivity index is 1.86. The molecule has 2 heterocycles. The molecule has 0 aliphatic carbocycles. The third-order valence-electron chi connectivity index (χ3n) is 3.84. The van der Waals surface area contributed by atoms with E-state index < -0.39 is 6.04 Å². The molecule has 0 aliphatic rings. The fourth-order valence-corrected chi connectivity index (χ4v) is 2.69. The van der Waals surface area contributed by atoms with Gasteiger partial charge in [0.1, 0.15) is 18.4 Å². The van der Waals surface area contributed by atoms with E-state index in [4.69, 9.17) is 11.6 Å². The van der Waals surface area contributed by atoms with Crippen molar-refractivity contribution in [2.75, 3.05) is 0 Å². The normalized spacial score (nSPS) is 11.9. The fourth-order valence-electron chi connectivity index (χ4n) is 2.56. The molecule has 128 valence electrons. The lowest BCUT2D eigenvalue weighted by molar-refractivity contribution is -0.122. The lowest BCUT2D eigenvalue weighted by Crippen LogP contribution is -2.35. The van der Waals surface area contributed by atoms with Crippen molar-refractivity contribution in [3.8, 4) is 0 Å². The number of aromatic nitrogens is 3. The highest BCUT2D eigenvalue weighted by Crippen LogP contribution is 2.22. The molecule has 1 amide bonds. The number of imidazole rings is 1. The number of amides is 1. The number of halogens is 1. The zero-order valence-corrected chi connectivity index (χ0v) is 14.3. The Morgan fingerprint density at radius 3 is 2.60 bits per heavy atom. The Morgan fingerprint density at radius 1 is 1.20 bits per heavy atom. The van der Waals surface area contributed by atoms with E-state index in [0.717, 1.165) is 5.56 Å². The van der Waals surface area contributed by atoms with Gasteiger partial charge in [-0.2, -0.15) is 0 Å². The number of aryl methyl sites for hydroxylation is 1. The molecule has 6 nitrogen and oxygen atoms in total. The number of carbonyl (C=O) groups excluding carboxylic acids is 1. The number of carbonyl (C=O) groups is 1. The summed E-state index contributed by atoms with van der Waals surface area (Å²) in [4.78, 5) is 28.6. The molecule has 0 fully saturated rings. The zero-order valence-electron chi connectivity index (χ0n) is 13.6. The quantitative estimate of drug-likeness (QED) is 0.761. The summed E-state index contributed by atoms with van der Waals surface area (Å²) in [7, 11) is 1.86. The van der Waals surface area contributed by atoms with Gasteiger partial charge in [0.25, 0.3) is 5.56 Å². The Hall–Kier alpha value is -2.86. The van der Waals surface area contributed by atoms with E-state index in [1.807, 2.05) is 29.9 Å². The van der Waals surface area contributed by atoms with Crippen molar-refractivity contribution in [3.05, 3.63) is 87.8 Å². The Labute approximate surface area is 149 Å². The summed E-state index contributed by atoms with van der Waals surface area (Å²) < 4.78 is 3.20. The number of pyridine rings is 1. The molecule has 1 aromatic carbocycles. The summed E-state index contributed by atoms with van der Waals surface area (Å²) in [5.41, 5.74) is 0.630. The number of rotatable bonds is 5. The first-order chi connectivity index (χ1) is 12.0. The summed E-state index contributed by atoms with van der Waals surface area (Å²) in [5, 5.41) is 3.56. The highest BCUT2D eigenvalue weighted by Gasteiger charge is 2.21. The molecule has 1 N–H and O–H groups in total. The predicted octanol–water partition coefficient (Wildman–Crippen LogP) is 2.14. The van der Waals surface area contributed by atoms with E-state index in [9.17, 15) is 9.59 Å². The molecule has 0 radical (unpaired) electrons. The van der Waals surface area contributed by atoms with E-state index in [1.165, 1.54) is 10.6 Å². The second-order valence-electron chi connectivity index (χ2n) is 5.62. The van der Waals surface area contributed by atoms with Gasteiger partial charge in [0.15, 0.2) is 0 Å². The minimum absolute atomic E-state index is 0.0613. The highest BCUT2D eigenvalue weighted by molar-refractivity contribution is 6.30. The van der Waals surface area contributed by atoms with Crippen LogP contribution < -0.4 is 10.9 Å². The summed E-state index contributed by atoms with van der Waals surface area (Å²) >= 11 is 5.96. The number of hydrogen-bond acceptors (Lipinski definition) is 3. The van der Waals surface area contributed by atoms with Crippen LogP contribution in [0.2, 0.25) is 5.02 Å². The van der Waals surface area contributed by atoms with E-state index in [-0.39, 0.29) is 18.0 Å². The average Bonchev–Trinajstić information content (AvgIpc) is 3.01. The van der Waals surface area contributed by atoms with Crippen molar-refractivity contribution in [2.45, 2.75) is 12.6 Å². The van der Waals surface area contributed by atoms with Gasteiger partial charge < -0.3 is 14.5 Å². The minimum atomic E-state index is -0.441. The Morgan fingerprint density at radius 2 is 1.96 bits per heavy atom. The van der Waals surface area contributed by atoms with Crippen molar-refractivity contribution < 1.29 is 4.79 Å². The maximum atomic E-state index is 12.5. The molecule has 2 aromatic heterocycles. The third-order valence-corrected chi connectivity index (χ3v) is 4.09. The zero-order chi connectivity index (χ0) is 17.8. The number of benzene rings is 1. The van der Waals surface area contributed by atoms with Crippen molar-refractivity contribution in [3.63, 3.8) is 0 Å². The van der Waals surface area contributed by atoms with Crippen LogP contribution >= 0.6 is 11.6 Å². The molecule has 1 unspecified atom stereocenters. The summed E-state index contributed by atoms with van der Waals surface area (Å²) in [6.07, 6.45) is 5.07. The van der Waals surface area contributed by atoms with Gasteiger partial charge in [0.2, 0.25) is 5.91 Å². The van der Waals surface area contributed by atoms with Gasteiger partial charge in [-0.1, -0.05) is 29.8 Å². The van der Waals surface area contributed by atoms with Crippen LogP contribution in [0.25, 0.3) is 0 Å². The van der Waals surface area contributed by atoms with Gasteiger partial charge in [-0.3, -0.25) is 9.59 Å². The molecule has 0 bridgehead atoms. The van der Waals surface area contributed by atoms with Crippen molar-refractivity contribution in [2.24, 2.45) is 7.05 Å². The average molecular weight is 357 g/mol. The minimum Gasteiger partial charge on any atom is -0.341 e. The molecular weight excluding hydrogens is 340 g/mol. The lowest BCUT2D eigenvalue weighted by Gasteiger charge is -2.19. The topological polar surface area (TPSA) is 68.9 Å². The van der Waals surface area contributed by atoms with Crippen LogP contribution in [0, 0.1) is 0 Å². The number of nitrogens with zero attached hydrogens (tertiary/aromatic N) is 3. The number of hydrogen-bond donors (Lipinski definition) is 1. The Bertz CT molecular complexity index is 931. The third kappa shape index (κ3) is 3.97.